The number of benzene rings is 1. The quantitative estimate of drug-likeness (QED) is 0.863. The molecule has 0 saturated carbocycles. The molecule has 7 heteroatoms. The minimum atomic E-state index is -0.294. The molecule has 2 amide bonds. The zero-order valence-electron chi connectivity index (χ0n) is 13.7. The molecule has 0 aliphatic carbocycles. The lowest BCUT2D eigenvalue weighted by molar-refractivity contribution is -0.129. The summed E-state index contributed by atoms with van der Waals surface area (Å²) >= 11 is 1.55. The van der Waals surface area contributed by atoms with Crippen molar-refractivity contribution < 1.29 is 14.3 Å². The summed E-state index contributed by atoms with van der Waals surface area (Å²) in [6.45, 7) is 4.35. The Labute approximate surface area is 145 Å². The molecule has 1 saturated heterocycles. The zero-order valence-corrected chi connectivity index (χ0v) is 14.5. The Kier molecular flexibility index (Phi) is 5.30. The van der Waals surface area contributed by atoms with Crippen molar-refractivity contribution in [2.45, 2.75) is 11.8 Å². The molecule has 0 unspecified atom stereocenters. The molecule has 1 aliphatic heterocycles. The van der Waals surface area contributed by atoms with Crippen molar-refractivity contribution in [1.29, 1.82) is 0 Å². The maximum Gasteiger partial charge on any atom is 0.409 e. The predicted molar refractivity (Wildman–Crippen MR) is 94.2 cm³/mol. The highest BCUT2D eigenvalue weighted by Crippen LogP contribution is 2.27. The number of amides is 2. The Morgan fingerprint density at radius 2 is 1.88 bits per heavy atom. The lowest BCUT2D eigenvalue weighted by Gasteiger charge is -2.34. The van der Waals surface area contributed by atoms with Gasteiger partial charge >= 0.3 is 6.09 Å². The van der Waals surface area contributed by atoms with Crippen molar-refractivity contribution in [3.8, 4) is 0 Å². The van der Waals surface area contributed by atoms with E-state index in [0.717, 1.165) is 15.8 Å². The van der Waals surface area contributed by atoms with E-state index in [1.165, 1.54) is 0 Å². The fourth-order valence-electron chi connectivity index (χ4n) is 2.75. The zero-order chi connectivity index (χ0) is 16.9. The maximum absolute atomic E-state index is 12.4. The van der Waals surface area contributed by atoms with Gasteiger partial charge in [0.2, 0.25) is 5.91 Å². The molecule has 1 aromatic carbocycles. The average molecular weight is 347 g/mol. The summed E-state index contributed by atoms with van der Waals surface area (Å²) in [7, 11) is 0. The molecule has 1 N–H and O–H groups in total. The van der Waals surface area contributed by atoms with Crippen molar-refractivity contribution in [2.24, 2.45) is 0 Å². The number of nitrogens with zero attached hydrogens (tertiary/aromatic N) is 2. The van der Waals surface area contributed by atoms with Crippen LogP contribution in [0.5, 0.6) is 0 Å². The fourth-order valence-corrected chi connectivity index (χ4v) is 3.69. The summed E-state index contributed by atoms with van der Waals surface area (Å²) in [5.74, 6) is 0.509. The number of ether oxygens (including phenoxy) is 1. The molecule has 2 aromatic rings. The van der Waals surface area contributed by atoms with Crippen molar-refractivity contribution in [3.05, 3.63) is 30.5 Å². The van der Waals surface area contributed by atoms with Gasteiger partial charge in [0, 0.05) is 48.2 Å². The lowest BCUT2D eigenvalue weighted by Crippen LogP contribution is -2.51. The van der Waals surface area contributed by atoms with Gasteiger partial charge in [0.05, 0.1) is 12.4 Å². The SMILES string of the molecule is CCOC(=O)N1CCN(C(=O)CSc2c[nH]c3ccccc23)CC1. The molecular weight excluding hydrogens is 326 g/mol. The van der Waals surface area contributed by atoms with Crippen LogP contribution in [0.4, 0.5) is 4.79 Å². The van der Waals surface area contributed by atoms with Gasteiger partial charge in [-0.05, 0) is 13.0 Å². The molecule has 1 aromatic heterocycles. The Bertz CT molecular complexity index is 723. The highest BCUT2D eigenvalue weighted by molar-refractivity contribution is 8.00. The largest absolute Gasteiger partial charge is 0.450 e. The first kappa shape index (κ1) is 16.7. The monoisotopic (exact) mass is 347 g/mol. The molecule has 128 valence electrons. The first-order valence-electron chi connectivity index (χ1n) is 8.07. The standard InChI is InChI=1S/C17H21N3O3S/c1-2-23-17(22)20-9-7-19(8-10-20)16(21)12-24-15-11-18-14-6-4-3-5-13(14)15/h3-6,11,18H,2,7-10,12H2,1H3. The number of piperazine rings is 1. The van der Waals surface area contributed by atoms with Crippen LogP contribution < -0.4 is 0 Å². The van der Waals surface area contributed by atoms with Crippen LogP contribution in [-0.4, -0.2) is 65.3 Å². The van der Waals surface area contributed by atoms with Crippen molar-refractivity contribution in [3.63, 3.8) is 0 Å². The summed E-state index contributed by atoms with van der Waals surface area (Å²) < 4.78 is 4.99. The van der Waals surface area contributed by atoms with Gasteiger partial charge in [0.15, 0.2) is 0 Å². The number of hydrogen-bond donors (Lipinski definition) is 1. The van der Waals surface area contributed by atoms with Gasteiger partial charge < -0.3 is 19.5 Å². The van der Waals surface area contributed by atoms with Gasteiger partial charge in [-0.25, -0.2) is 4.79 Å². The normalized spacial score (nSPS) is 14.9. The molecule has 6 nitrogen and oxygen atoms in total. The van der Waals surface area contributed by atoms with Crippen LogP contribution in [-0.2, 0) is 9.53 Å². The molecular formula is C17H21N3O3S. The van der Waals surface area contributed by atoms with E-state index in [0.29, 0.717) is 38.5 Å². The molecule has 0 spiro atoms. The molecule has 0 bridgehead atoms. The number of H-pyrrole nitrogens is 1. The number of thioether (sulfide) groups is 1. The second kappa shape index (κ2) is 7.61. The van der Waals surface area contributed by atoms with Gasteiger partial charge in [-0.15, -0.1) is 11.8 Å². The van der Waals surface area contributed by atoms with E-state index >= 15 is 0 Å². The minimum absolute atomic E-state index is 0.105. The summed E-state index contributed by atoms with van der Waals surface area (Å²) in [4.78, 5) is 31.8. The number of carbonyl (C=O) groups excluding carboxylic acids is 2. The number of aromatic amines is 1. The van der Waals surface area contributed by atoms with Crippen molar-refractivity contribution in [2.75, 3.05) is 38.5 Å². The van der Waals surface area contributed by atoms with Crippen LogP contribution >= 0.6 is 11.8 Å². The van der Waals surface area contributed by atoms with Crippen LogP contribution in [0.2, 0.25) is 0 Å². The van der Waals surface area contributed by atoms with Crippen LogP contribution in [0, 0.1) is 0 Å². The highest BCUT2D eigenvalue weighted by Gasteiger charge is 2.24. The Morgan fingerprint density at radius 3 is 2.62 bits per heavy atom. The molecule has 2 heterocycles. The Balaban J connectivity index is 1.50. The lowest BCUT2D eigenvalue weighted by atomic mass is 10.2. The number of carbonyl (C=O) groups is 2. The van der Waals surface area contributed by atoms with E-state index in [-0.39, 0.29) is 12.0 Å². The van der Waals surface area contributed by atoms with Crippen LogP contribution in [0.1, 0.15) is 6.92 Å². The van der Waals surface area contributed by atoms with E-state index in [4.69, 9.17) is 4.74 Å². The third-order valence-electron chi connectivity index (χ3n) is 4.06. The van der Waals surface area contributed by atoms with E-state index < -0.39 is 0 Å². The second-order valence-corrected chi connectivity index (χ2v) is 6.57. The van der Waals surface area contributed by atoms with Gasteiger partial charge in [-0.3, -0.25) is 4.79 Å². The van der Waals surface area contributed by atoms with Crippen molar-refractivity contribution >= 4 is 34.7 Å². The molecule has 24 heavy (non-hydrogen) atoms. The summed E-state index contributed by atoms with van der Waals surface area (Å²) in [6, 6.07) is 8.06. The van der Waals surface area contributed by atoms with Crippen molar-refractivity contribution in [1.82, 2.24) is 14.8 Å². The van der Waals surface area contributed by atoms with E-state index in [2.05, 4.69) is 11.1 Å². The molecule has 0 radical (unpaired) electrons. The average Bonchev–Trinajstić information content (AvgIpc) is 3.03. The van der Waals surface area contributed by atoms with Crippen LogP contribution in [0.3, 0.4) is 0 Å². The van der Waals surface area contributed by atoms with E-state index in [9.17, 15) is 9.59 Å². The number of para-hydroxylation sites is 1. The number of aromatic nitrogens is 1. The van der Waals surface area contributed by atoms with Gasteiger partial charge in [-0.1, -0.05) is 18.2 Å². The Morgan fingerprint density at radius 1 is 1.17 bits per heavy atom. The molecule has 1 fully saturated rings. The molecule has 0 atom stereocenters. The van der Waals surface area contributed by atoms with Gasteiger partial charge in [0.1, 0.15) is 0 Å². The number of rotatable bonds is 4. The third-order valence-corrected chi connectivity index (χ3v) is 5.10. The fraction of sp³-hybridized carbons (Fsp3) is 0.412. The number of nitrogens with one attached hydrogen (secondary N) is 1. The molecule has 1 aliphatic rings. The van der Waals surface area contributed by atoms with Crippen LogP contribution in [0.15, 0.2) is 35.4 Å². The topological polar surface area (TPSA) is 65.6 Å². The predicted octanol–water partition coefficient (Wildman–Crippen LogP) is 2.56. The Hall–Kier alpha value is -2.15. The molecule has 3 rings (SSSR count). The van der Waals surface area contributed by atoms with Gasteiger partial charge in [0.25, 0.3) is 0 Å². The second-order valence-electron chi connectivity index (χ2n) is 5.55. The third kappa shape index (κ3) is 3.67. The smallest absolute Gasteiger partial charge is 0.409 e. The summed E-state index contributed by atoms with van der Waals surface area (Å²) in [5, 5.41) is 1.14. The summed E-state index contributed by atoms with van der Waals surface area (Å²) in [5.41, 5.74) is 1.08. The minimum Gasteiger partial charge on any atom is -0.450 e. The number of fused-ring (bicyclic) bond motifs is 1. The summed E-state index contributed by atoms with van der Waals surface area (Å²) in [6.07, 6.45) is 1.65. The van der Waals surface area contributed by atoms with Gasteiger partial charge in [-0.2, -0.15) is 0 Å². The maximum atomic E-state index is 12.4. The van der Waals surface area contributed by atoms with Crippen LogP contribution in [0.25, 0.3) is 10.9 Å². The first-order valence-corrected chi connectivity index (χ1v) is 9.06. The number of hydrogen-bond acceptors (Lipinski definition) is 4. The van der Waals surface area contributed by atoms with E-state index in [1.54, 1.807) is 23.6 Å². The first-order chi connectivity index (χ1) is 11.7. The van der Waals surface area contributed by atoms with E-state index in [1.807, 2.05) is 29.3 Å². The highest BCUT2D eigenvalue weighted by atomic mass is 32.2.